The van der Waals surface area contributed by atoms with Crippen molar-refractivity contribution in [1.82, 2.24) is 0 Å². The molecule has 0 unspecified atom stereocenters. The molecule has 0 fully saturated rings. The van der Waals surface area contributed by atoms with Gasteiger partial charge in [0.05, 0.1) is 0 Å². The summed E-state index contributed by atoms with van der Waals surface area (Å²) in [5.74, 6) is 0. The van der Waals surface area contributed by atoms with Crippen LogP contribution < -0.4 is 0 Å². The first-order chi connectivity index (χ1) is 11.8. The Hall–Kier alpha value is -1.86. The fourth-order valence-corrected chi connectivity index (χ4v) is 4.64. The molecule has 0 aromatic heterocycles. The third-order valence-corrected chi connectivity index (χ3v) is 5.29. The molecule has 1 heteroatoms. The van der Waals surface area contributed by atoms with E-state index >= 15 is 0 Å². The highest BCUT2D eigenvalue weighted by Gasteiger charge is 2.12. The molecular weight excluding hydrogens is 368 g/mol. The molecule has 3 aromatic rings. The van der Waals surface area contributed by atoms with Gasteiger partial charge < -0.3 is 0 Å². The largest absolute Gasteiger partial charge is 0.0557 e. The van der Waals surface area contributed by atoms with Crippen molar-refractivity contribution < 1.29 is 0 Å². The maximum Gasteiger partial charge on any atom is 0.0187 e. The molecule has 0 aliphatic carbocycles. The van der Waals surface area contributed by atoms with Crippen molar-refractivity contribution in [2.75, 3.05) is 0 Å². The Kier molecular flexibility index (Phi) is 4.88. The van der Waals surface area contributed by atoms with E-state index in [1.807, 2.05) is 0 Å². The van der Waals surface area contributed by atoms with Gasteiger partial charge in [-0.05, 0) is 104 Å². The van der Waals surface area contributed by atoms with Crippen molar-refractivity contribution in [3.8, 4) is 22.3 Å². The van der Waals surface area contributed by atoms with Gasteiger partial charge in [0, 0.05) is 4.47 Å². The molecule has 0 atom stereocenters. The lowest BCUT2D eigenvalue weighted by atomic mass is 9.89. The number of benzene rings is 3. The quantitative estimate of drug-likeness (QED) is 0.420. The summed E-state index contributed by atoms with van der Waals surface area (Å²) in [7, 11) is 0. The van der Waals surface area contributed by atoms with E-state index in [1.165, 1.54) is 55.6 Å². The first kappa shape index (κ1) is 17.9. The van der Waals surface area contributed by atoms with Crippen LogP contribution in [-0.2, 0) is 0 Å². The Labute approximate surface area is 160 Å². The van der Waals surface area contributed by atoms with Gasteiger partial charge in [-0.1, -0.05) is 51.3 Å². The molecule has 0 radical (unpaired) electrons. The van der Waals surface area contributed by atoms with Crippen LogP contribution in [0.3, 0.4) is 0 Å². The van der Waals surface area contributed by atoms with Gasteiger partial charge in [-0.3, -0.25) is 0 Å². The van der Waals surface area contributed by atoms with Crippen molar-refractivity contribution in [3.05, 3.63) is 80.3 Å². The molecule has 0 heterocycles. The predicted molar refractivity (Wildman–Crippen MR) is 113 cm³/mol. The zero-order valence-corrected chi connectivity index (χ0v) is 17.5. The molecule has 0 aliphatic heterocycles. The first-order valence-corrected chi connectivity index (χ1v) is 9.52. The van der Waals surface area contributed by atoms with Crippen molar-refractivity contribution >= 4 is 15.9 Å². The second kappa shape index (κ2) is 6.80. The lowest BCUT2D eigenvalue weighted by Crippen LogP contribution is -1.93. The van der Waals surface area contributed by atoms with Crippen molar-refractivity contribution in [2.24, 2.45) is 0 Å². The fraction of sp³-hybridized carbons (Fsp3) is 0.250. The number of aryl methyl sites for hydroxylation is 6. The SMILES string of the molecule is Cc1cc(C)c(-c2cc(Br)cc(-c3c(C)cc(C)cc3C)c2)c(C)c1. The molecule has 0 aliphatic rings. The van der Waals surface area contributed by atoms with Crippen LogP contribution >= 0.6 is 15.9 Å². The van der Waals surface area contributed by atoms with Gasteiger partial charge >= 0.3 is 0 Å². The molecule has 0 N–H and O–H groups in total. The summed E-state index contributed by atoms with van der Waals surface area (Å²) in [6.07, 6.45) is 0. The summed E-state index contributed by atoms with van der Waals surface area (Å²) in [6, 6.07) is 15.9. The van der Waals surface area contributed by atoms with Crippen molar-refractivity contribution in [2.45, 2.75) is 41.5 Å². The van der Waals surface area contributed by atoms with Crippen LogP contribution in [-0.4, -0.2) is 0 Å². The van der Waals surface area contributed by atoms with Gasteiger partial charge in [0.1, 0.15) is 0 Å². The van der Waals surface area contributed by atoms with Crippen LogP contribution in [0.25, 0.3) is 22.3 Å². The van der Waals surface area contributed by atoms with Crippen LogP contribution in [0.1, 0.15) is 33.4 Å². The molecule has 0 amide bonds. The van der Waals surface area contributed by atoms with E-state index < -0.39 is 0 Å². The summed E-state index contributed by atoms with van der Waals surface area (Å²) in [6.45, 7) is 13.2. The van der Waals surface area contributed by atoms with Crippen LogP contribution in [0.2, 0.25) is 0 Å². The Balaban J connectivity index is 2.25. The highest BCUT2D eigenvalue weighted by molar-refractivity contribution is 9.10. The Morgan fingerprint density at radius 2 is 0.800 bits per heavy atom. The average molecular weight is 393 g/mol. The third kappa shape index (κ3) is 3.57. The smallest absolute Gasteiger partial charge is 0.0187 e. The standard InChI is InChI=1S/C24H25Br/c1-14-7-16(3)23(17(4)8-14)20-11-21(13-22(25)12-20)24-18(5)9-15(2)10-19(24)6/h7-13H,1-6H3. The molecule has 25 heavy (non-hydrogen) atoms. The van der Waals surface area contributed by atoms with E-state index in [0.29, 0.717) is 0 Å². The van der Waals surface area contributed by atoms with E-state index in [1.54, 1.807) is 0 Å². The molecular formula is C24H25Br. The van der Waals surface area contributed by atoms with Crippen LogP contribution in [0.4, 0.5) is 0 Å². The molecule has 0 saturated heterocycles. The minimum absolute atomic E-state index is 1.12. The molecule has 3 aromatic carbocycles. The summed E-state index contributed by atoms with van der Waals surface area (Å²) in [5, 5.41) is 0. The van der Waals surface area contributed by atoms with E-state index in [9.17, 15) is 0 Å². The van der Waals surface area contributed by atoms with E-state index in [0.717, 1.165) is 4.47 Å². The number of hydrogen-bond donors (Lipinski definition) is 0. The maximum atomic E-state index is 3.73. The van der Waals surface area contributed by atoms with Crippen molar-refractivity contribution in [1.29, 1.82) is 0 Å². The third-order valence-electron chi connectivity index (χ3n) is 4.83. The van der Waals surface area contributed by atoms with Crippen molar-refractivity contribution in [3.63, 3.8) is 0 Å². The van der Waals surface area contributed by atoms with Crippen LogP contribution in [0.5, 0.6) is 0 Å². The summed E-state index contributed by atoms with van der Waals surface area (Å²) in [4.78, 5) is 0. The molecule has 128 valence electrons. The summed E-state index contributed by atoms with van der Waals surface area (Å²) >= 11 is 3.73. The van der Waals surface area contributed by atoms with E-state index in [4.69, 9.17) is 0 Å². The number of hydrogen-bond acceptors (Lipinski definition) is 0. The minimum atomic E-state index is 1.12. The van der Waals surface area contributed by atoms with Gasteiger partial charge in [0.2, 0.25) is 0 Å². The van der Waals surface area contributed by atoms with Gasteiger partial charge in [-0.25, -0.2) is 0 Å². The number of rotatable bonds is 2. The zero-order chi connectivity index (χ0) is 18.3. The lowest BCUT2D eigenvalue weighted by molar-refractivity contribution is 1.31. The van der Waals surface area contributed by atoms with E-state index in [-0.39, 0.29) is 0 Å². The van der Waals surface area contributed by atoms with Gasteiger partial charge in [0.25, 0.3) is 0 Å². The highest BCUT2D eigenvalue weighted by atomic mass is 79.9. The fourth-order valence-electron chi connectivity index (χ4n) is 4.15. The van der Waals surface area contributed by atoms with Crippen LogP contribution in [0, 0.1) is 41.5 Å². The Bertz CT molecular complexity index is 842. The molecule has 0 bridgehead atoms. The van der Waals surface area contributed by atoms with Gasteiger partial charge in [0.15, 0.2) is 0 Å². The second-order valence-electron chi connectivity index (χ2n) is 7.28. The van der Waals surface area contributed by atoms with E-state index in [2.05, 4.69) is 99.9 Å². The summed E-state index contributed by atoms with van der Waals surface area (Å²) in [5.41, 5.74) is 13.2. The topological polar surface area (TPSA) is 0 Å². The Morgan fingerprint density at radius 1 is 0.480 bits per heavy atom. The lowest BCUT2D eigenvalue weighted by Gasteiger charge is -2.16. The minimum Gasteiger partial charge on any atom is -0.0557 e. The Morgan fingerprint density at radius 3 is 1.12 bits per heavy atom. The van der Waals surface area contributed by atoms with Gasteiger partial charge in [-0.2, -0.15) is 0 Å². The average Bonchev–Trinajstić information content (AvgIpc) is 2.44. The predicted octanol–water partition coefficient (Wildman–Crippen LogP) is 7.63. The molecule has 0 nitrogen and oxygen atoms in total. The van der Waals surface area contributed by atoms with Crippen LogP contribution in [0.15, 0.2) is 46.9 Å². The molecule has 3 rings (SSSR count). The monoisotopic (exact) mass is 392 g/mol. The van der Waals surface area contributed by atoms with Gasteiger partial charge in [-0.15, -0.1) is 0 Å². The highest BCUT2D eigenvalue weighted by Crippen LogP contribution is 2.36. The first-order valence-electron chi connectivity index (χ1n) is 8.73. The normalized spacial score (nSPS) is 11.0. The maximum absolute atomic E-state index is 3.73. The second-order valence-corrected chi connectivity index (χ2v) is 8.19. The molecule has 0 saturated carbocycles. The molecule has 0 spiro atoms. The number of halogens is 1. The zero-order valence-electron chi connectivity index (χ0n) is 15.9. The summed E-state index contributed by atoms with van der Waals surface area (Å²) < 4.78 is 1.12.